The second-order valence-electron chi connectivity index (χ2n) is 7.10. The van der Waals surface area contributed by atoms with Crippen LogP contribution in [0.1, 0.15) is 12.5 Å². The molecule has 0 aromatic heterocycles. The van der Waals surface area contributed by atoms with Crippen LogP contribution in [0.5, 0.6) is 0 Å². The van der Waals surface area contributed by atoms with Crippen LogP contribution in [0.4, 0.5) is 0 Å². The van der Waals surface area contributed by atoms with Gasteiger partial charge in [0.1, 0.15) is 0 Å². The molecule has 0 spiro atoms. The lowest BCUT2D eigenvalue weighted by atomic mass is 9.98. The van der Waals surface area contributed by atoms with Gasteiger partial charge in [0.25, 0.3) is 0 Å². The summed E-state index contributed by atoms with van der Waals surface area (Å²) in [5.74, 6) is 0. The number of aliphatic hydroxyl groups is 1. The second-order valence-corrected chi connectivity index (χ2v) is 7.10. The van der Waals surface area contributed by atoms with E-state index in [1.807, 2.05) is 6.92 Å². The summed E-state index contributed by atoms with van der Waals surface area (Å²) in [6.07, 6.45) is 0. The quantitative estimate of drug-likeness (QED) is 0.561. The molecule has 2 N–H and O–H groups in total. The van der Waals surface area contributed by atoms with Gasteiger partial charge >= 0.3 is 0 Å². The molecule has 4 rings (SSSR count). The summed E-state index contributed by atoms with van der Waals surface area (Å²) in [6, 6.07) is 19.6. The van der Waals surface area contributed by atoms with Crippen molar-refractivity contribution in [2.45, 2.75) is 19.0 Å². The predicted octanol–water partition coefficient (Wildman–Crippen LogP) is 3.97. The molecule has 0 radical (unpaired) electrons. The van der Waals surface area contributed by atoms with Crippen LogP contribution < -0.4 is 5.32 Å². The zero-order valence-electron chi connectivity index (χ0n) is 14.7. The average Bonchev–Trinajstić information content (AvgIpc) is 2.96. The third-order valence-electron chi connectivity index (χ3n) is 5.08. The van der Waals surface area contributed by atoms with Gasteiger partial charge in [-0.1, -0.05) is 42.5 Å². The van der Waals surface area contributed by atoms with Crippen LogP contribution in [0.3, 0.4) is 0 Å². The van der Waals surface area contributed by atoms with Crippen LogP contribution in [0.25, 0.3) is 33.0 Å². The number of methoxy groups -OCH3 is 1. The minimum absolute atomic E-state index is 0.0360. The number of fused-ring (bicyclic) bond motifs is 3. The van der Waals surface area contributed by atoms with E-state index in [0.717, 1.165) is 0 Å². The number of ether oxygens (including phenoxy) is 1. The molecule has 3 aromatic carbocycles. The van der Waals surface area contributed by atoms with E-state index in [1.165, 1.54) is 38.6 Å². The first-order chi connectivity index (χ1) is 12.1. The number of hydrogen-bond donors (Lipinski definition) is 2. The highest BCUT2D eigenvalue weighted by molar-refractivity contribution is 6.15. The van der Waals surface area contributed by atoms with Gasteiger partial charge in [-0.2, -0.15) is 0 Å². The highest BCUT2D eigenvalue weighted by Crippen LogP contribution is 2.47. The average molecular weight is 333 g/mol. The van der Waals surface area contributed by atoms with E-state index in [4.69, 9.17) is 4.74 Å². The summed E-state index contributed by atoms with van der Waals surface area (Å²) in [6.45, 7) is 3.17. The lowest BCUT2D eigenvalue weighted by Crippen LogP contribution is -2.49. The maximum atomic E-state index is 9.66. The predicted molar refractivity (Wildman–Crippen MR) is 103 cm³/mol. The third-order valence-corrected chi connectivity index (χ3v) is 5.08. The molecule has 1 unspecified atom stereocenters. The van der Waals surface area contributed by atoms with E-state index < -0.39 is 5.54 Å². The van der Waals surface area contributed by atoms with Gasteiger partial charge in [0.15, 0.2) is 0 Å². The normalized spacial score (nSPS) is 14.5. The van der Waals surface area contributed by atoms with E-state index in [0.29, 0.717) is 13.2 Å². The Bertz CT molecular complexity index is 934. The van der Waals surface area contributed by atoms with Crippen LogP contribution in [-0.2, 0) is 11.3 Å². The van der Waals surface area contributed by atoms with Gasteiger partial charge in [-0.15, -0.1) is 0 Å². The van der Waals surface area contributed by atoms with Crippen molar-refractivity contribution in [3.63, 3.8) is 0 Å². The van der Waals surface area contributed by atoms with Crippen LogP contribution in [0.15, 0.2) is 54.6 Å². The van der Waals surface area contributed by atoms with Gasteiger partial charge in [0.2, 0.25) is 0 Å². The topological polar surface area (TPSA) is 41.5 Å². The molecular weight excluding hydrogens is 310 g/mol. The number of benzene rings is 3. The van der Waals surface area contributed by atoms with Crippen molar-refractivity contribution in [1.82, 2.24) is 5.32 Å². The SMILES string of the molecule is COCC(C)(CO)NCc1cc2c3c(cccc3c1)-c1ccccc1-2. The molecule has 128 valence electrons. The highest BCUT2D eigenvalue weighted by atomic mass is 16.5. The summed E-state index contributed by atoms with van der Waals surface area (Å²) in [7, 11) is 1.66. The highest BCUT2D eigenvalue weighted by Gasteiger charge is 2.24. The monoisotopic (exact) mass is 333 g/mol. The zero-order valence-corrected chi connectivity index (χ0v) is 14.7. The maximum absolute atomic E-state index is 9.66. The molecule has 0 heterocycles. The summed E-state index contributed by atoms with van der Waals surface area (Å²) in [4.78, 5) is 0. The van der Waals surface area contributed by atoms with Crippen LogP contribution in [0.2, 0.25) is 0 Å². The largest absolute Gasteiger partial charge is 0.394 e. The standard InChI is InChI=1S/C22H23NO2/c1-22(13-24,14-25-2)23-12-15-10-16-6-5-9-19-17-7-3-4-8-18(17)20(11-15)21(16)19/h3-11,23-24H,12-14H2,1-2H3. The Hall–Kier alpha value is -2.20. The molecule has 3 aromatic rings. The molecule has 1 atom stereocenters. The molecule has 0 fully saturated rings. The van der Waals surface area contributed by atoms with Crippen molar-refractivity contribution >= 4 is 10.8 Å². The molecule has 3 nitrogen and oxygen atoms in total. The number of rotatable bonds is 6. The van der Waals surface area contributed by atoms with E-state index >= 15 is 0 Å². The third kappa shape index (κ3) is 2.74. The first-order valence-electron chi connectivity index (χ1n) is 8.65. The molecule has 0 aliphatic heterocycles. The Balaban J connectivity index is 1.74. The zero-order chi connectivity index (χ0) is 17.4. The van der Waals surface area contributed by atoms with E-state index in [9.17, 15) is 5.11 Å². The second kappa shape index (κ2) is 6.26. The van der Waals surface area contributed by atoms with Gasteiger partial charge < -0.3 is 15.2 Å². The Labute approximate surface area is 148 Å². The van der Waals surface area contributed by atoms with Gasteiger partial charge in [-0.05, 0) is 57.6 Å². The Morgan fingerprint density at radius 1 is 0.960 bits per heavy atom. The van der Waals surface area contributed by atoms with Crippen molar-refractivity contribution in [2.24, 2.45) is 0 Å². The van der Waals surface area contributed by atoms with Gasteiger partial charge in [-0.3, -0.25) is 0 Å². The molecule has 25 heavy (non-hydrogen) atoms. The molecule has 3 heteroatoms. The van der Waals surface area contributed by atoms with E-state index in [1.54, 1.807) is 7.11 Å². The van der Waals surface area contributed by atoms with Crippen molar-refractivity contribution in [2.75, 3.05) is 20.3 Å². The van der Waals surface area contributed by atoms with Crippen molar-refractivity contribution in [3.8, 4) is 22.3 Å². The van der Waals surface area contributed by atoms with Crippen LogP contribution in [0, 0.1) is 0 Å². The fraction of sp³-hybridized carbons (Fsp3) is 0.273. The first kappa shape index (κ1) is 16.3. The fourth-order valence-electron chi connectivity index (χ4n) is 3.77. The maximum Gasteiger partial charge on any atom is 0.0664 e. The Morgan fingerprint density at radius 3 is 2.40 bits per heavy atom. The van der Waals surface area contributed by atoms with E-state index in [-0.39, 0.29) is 6.61 Å². The number of aliphatic hydroxyl groups excluding tert-OH is 1. The molecule has 1 aliphatic carbocycles. The Morgan fingerprint density at radius 2 is 1.68 bits per heavy atom. The van der Waals surface area contributed by atoms with Crippen molar-refractivity contribution < 1.29 is 9.84 Å². The lowest BCUT2D eigenvalue weighted by Gasteiger charge is -2.28. The fourth-order valence-corrected chi connectivity index (χ4v) is 3.77. The van der Waals surface area contributed by atoms with Gasteiger partial charge in [0, 0.05) is 13.7 Å². The van der Waals surface area contributed by atoms with Crippen molar-refractivity contribution in [3.05, 3.63) is 60.2 Å². The summed E-state index contributed by atoms with van der Waals surface area (Å²) >= 11 is 0. The smallest absolute Gasteiger partial charge is 0.0664 e. The Kier molecular flexibility index (Phi) is 4.08. The summed E-state index contributed by atoms with van der Waals surface area (Å²) in [5, 5.41) is 15.7. The first-order valence-corrected chi connectivity index (χ1v) is 8.65. The summed E-state index contributed by atoms with van der Waals surface area (Å²) in [5.41, 5.74) is 6.02. The number of nitrogens with one attached hydrogen (secondary N) is 1. The minimum Gasteiger partial charge on any atom is -0.394 e. The lowest BCUT2D eigenvalue weighted by molar-refractivity contribution is 0.0723. The molecular formula is C22H23NO2. The van der Waals surface area contributed by atoms with Crippen molar-refractivity contribution in [1.29, 1.82) is 0 Å². The van der Waals surface area contributed by atoms with Crippen LogP contribution in [-0.4, -0.2) is 31.0 Å². The van der Waals surface area contributed by atoms with Crippen LogP contribution >= 0.6 is 0 Å². The van der Waals surface area contributed by atoms with Gasteiger partial charge in [0.05, 0.1) is 18.8 Å². The molecule has 1 aliphatic rings. The molecule has 0 bridgehead atoms. The minimum atomic E-state index is -0.441. The molecule has 0 amide bonds. The number of hydrogen-bond acceptors (Lipinski definition) is 3. The molecule has 0 saturated carbocycles. The summed E-state index contributed by atoms with van der Waals surface area (Å²) < 4.78 is 5.23. The van der Waals surface area contributed by atoms with E-state index in [2.05, 4.69) is 59.9 Å². The van der Waals surface area contributed by atoms with Gasteiger partial charge in [-0.25, -0.2) is 0 Å². The molecule has 0 saturated heterocycles.